The molecule has 1 aliphatic heterocycles. The second-order valence-electron chi connectivity index (χ2n) is 4.34. The van der Waals surface area contributed by atoms with E-state index < -0.39 is 0 Å². The molecule has 5 nitrogen and oxygen atoms in total. The number of aryl methyl sites for hydroxylation is 1. The molecule has 2 rings (SSSR count). The third kappa shape index (κ3) is 2.26. The number of ether oxygens (including phenoxy) is 1. The minimum atomic E-state index is 0.202. The van der Waals surface area contributed by atoms with Crippen LogP contribution in [0.1, 0.15) is 11.6 Å². The Labute approximate surface area is 96.4 Å². The van der Waals surface area contributed by atoms with E-state index in [9.17, 15) is 0 Å². The van der Waals surface area contributed by atoms with Gasteiger partial charge in [0, 0.05) is 31.9 Å². The molecule has 1 aromatic rings. The van der Waals surface area contributed by atoms with Crippen LogP contribution in [0, 0.1) is 0 Å². The monoisotopic (exact) mass is 224 g/mol. The lowest BCUT2D eigenvalue weighted by atomic mass is 10.0. The fourth-order valence-electron chi connectivity index (χ4n) is 2.30. The summed E-state index contributed by atoms with van der Waals surface area (Å²) in [6.45, 7) is 2.64. The molecule has 1 saturated heterocycles. The van der Waals surface area contributed by atoms with E-state index in [1.807, 2.05) is 25.0 Å². The van der Waals surface area contributed by atoms with Crippen molar-refractivity contribution < 1.29 is 4.74 Å². The molecule has 0 unspecified atom stereocenters. The number of morpholine rings is 1. The molecule has 2 heterocycles. The van der Waals surface area contributed by atoms with Gasteiger partial charge in [0.05, 0.1) is 24.9 Å². The van der Waals surface area contributed by atoms with Crippen LogP contribution in [0.25, 0.3) is 0 Å². The predicted molar refractivity (Wildman–Crippen MR) is 62.2 cm³/mol. The second kappa shape index (κ2) is 4.95. The first-order valence-electron chi connectivity index (χ1n) is 5.67. The highest BCUT2D eigenvalue weighted by atomic mass is 16.5. The highest BCUT2D eigenvalue weighted by Gasteiger charge is 2.31. The van der Waals surface area contributed by atoms with Crippen LogP contribution < -0.4 is 5.32 Å². The summed E-state index contributed by atoms with van der Waals surface area (Å²) in [5, 5.41) is 7.42. The SMILES string of the molecule is CNC[C@@H]1OCCN(C)[C@H]1c1cnn(C)c1. The van der Waals surface area contributed by atoms with Crippen molar-refractivity contribution in [2.45, 2.75) is 12.1 Å². The largest absolute Gasteiger partial charge is 0.374 e. The van der Waals surface area contributed by atoms with Crippen LogP contribution in [0.15, 0.2) is 12.4 Å². The van der Waals surface area contributed by atoms with E-state index in [1.165, 1.54) is 5.56 Å². The van der Waals surface area contributed by atoms with Gasteiger partial charge < -0.3 is 10.1 Å². The molecule has 16 heavy (non-hydrogen) atoms. The van der Waals surface area contributed by atoms with Gasteiger partial charge >= 0.3 is 0 Å². The van der Waals surface area contributed by atoms with Crippen molar-refractivity contribution >= 4 is 0 Å². The maximum absolute atomic E-state index is 5.82. The molecule has 0 aliphatic carbocycles. The fraction of sp³-hybridized carbons (Fsp3) is 0.727. The van der Waals surface area contributed by atoms with E-state index in [4.69, 9.17) is 4.74 Å². The molecule has 90 valence electrons. The van der Waals surface area contributed by atoms with E-state index >= 15 is 0 Å². The average molecular weight is 224 g/mol. The first kappa shape index (κ1) is 11.6. The van der Waals surface area contributed by atoms with Gasteiger partial charge in [-0.3, -0.25) is 9.58 Å². The maximum atomic E-state index is 5.82. The number of hydrogen-bond acceptors (Lipinski definition) is 4. The lowest BCUT2D eigenvalue weighted by Gasteiger charge is -2.38. The van der Waals surface area contributed by atoms with Gasteiger partial charge in [0.25, 0.3) is 0 Å². The summed E-state index contributed by atoms with van der Waals surface area (Å²) in [6.07, 6.45) is 4.20. The molecule has 2 atom stereocenters. The smallest absolute Gasteiger partial charge is 0.0897 e. The lowest BCUT2D eigenvalue weighted by molar-refractivity contribution is -0.0606. The van der Waals surface area contributed by atoms with Crippen LogP contribution in [-0.4, -0.2) is 54.6 Å². The van der Waals surface area contributed by atoms with Crippen molar-refractivity contribution in [1.82, 2.24) is 20.0 Å². The number of rotatable bonds is 3. The highest BCUT2D eigenvalue weighted by Crippen LogP contribution is 2.27. The van der Waals surface area contributed by atoms with Crippen LogP contribution in [-0.2, 0) is 11.8 Å². The van der Waals surface area contributed by atoms with Crippen LogP contribution in [0.4, 0.5) is 0 Å². The predicted octanol–water partition coefficient (Wildman–Crippen LogP) is 0.0112. The van der Waals surface area contributed by atoms with Gasteiger partial charge in [-0.1, -0.05) is 0 Å². The van der Waals surface area contributed by atoms with Crippen LogP contribution in [0.3, 0.4) is 0 Å². The van der Waals surface area contributed by atoms with Gasteiger partial charge in [0.1, 0.15) is 0 Å². The van der Waals surface area contributed by atoms with Gasteiger partial charge in [-0.15, -0.1) is 0 Å². The van der Waals surface area contributed by atoms with E-state index in [2.05, 4.69) is 28.6 Å². The number of aromatic nitrogens is 2. The molecule has 0 bridgehead atoms. The summed E-state index contributed by atoms with van der Waals surface area (Å²) in [4.78, 5) is 2.34. The summed E-state index contributed by atoms with van der Waals surface area (Å²) < 4.78 is 7.67. The fourth-order valence-corrected chi connectivity index (χ4v) is 2.30. The van der Waals surface area contributed by atoms with Gasteiger partial charge in [-0.2, -0.15) is 5.10 Å². The van der Waals surface area contributed by atoms with Crippen LogP contribution in [0.2, 0.25) is 0 Å². The summed E-state index contributed by atoms with van der Waals surface area (Å²) in [5.41, 5.74) is 1.23. The average Bonchev–Trinajstić information content (AvgIpc) is 2.65. The third-order valence-corrected chi connectivity index (χ3v) is 3.07. The minimum Gasteiger partial charge on any atom is -0.374 e. The van der Waals surface area contributed by atoms with Crippen molar-refractivity contribution in [2.75, 3.05) is 33.8 Å². The van der Waals surface area contributed by atoms with E-state index in [-0.39, 0.29) is 6.10 Å². The molecule has 1 N–H and O–H groups in total. The summed E-state index contributed by atoms with van der Waals surface area (Å²) >= 11 is 0. The summed E-state index contributed by atoms with van der Waals surface area (Å²) in [7, 11) is 6.04. The number of hydrogen-bond donors (Lipinski definition) is 1. The second-order valence-corrected chi connectivity index (χ2v) is 4.34. The van der Waals surface area contributed by atoms with Crippen LogP contribution in [0.5, 0.6) is 0 Å². The van der Waals surface area contributed by atoms with E-state index in [1.54, 1.807) is 0 Å². The van der Waals surface area contributed by atoms with E-state index in [0.717, 1.165) is 19.7 Å². The Kier molecular flexibility index (Phi) is 3.58. The normalized spacial score (nSPS) is 27.2. The topological polar surface area (TPSA) is 42.3 Å². The van der Waals surface area contributed by atoms with Gasteiger partial charge in [0.2, 0.25) is 0 Å². The highest BCUT2D eigenvalue weighted by molar-refractivity contribution is 5.13. The molecular formula is C11H20N4O. The summed E-state index contributed by atoms with van der Waals surface area (Å²) in [6, 6.07) is 0.301. The zero-order valence-corrected chi connectivity index (χ0v) is 10.2. The minimum absolute atomic E-state index is 0.202. The Morgan fingerprint density at radius 1 is 1.56 bits per heavy atom. The van der Waals surface area contributed by atoms with Crippen molar-refractivity contribution in [3.8, 4) is 0 Å². The Balaban J connectivity index is 2.18. The quantitative estimate of drug-likeness (QED) is 0.785. The van der Waals surface area contributed by atoms with Crippen molar-refractivity contribution in [3.05, 3.63) is 18.0 Å². The first-order chi connectivity index (χ1) is 7.72. The Morgan fingerprint density at radius 2 is 2.38 bits per heavy atom. The molecule has 0 saturated carbocycles. The molecule has 1 fully saturated rings. The molecule has 0 spiro atoms. The van der Waals surface area contributed by atoms with Crippen molar-refractivity contribution in [2.24, 2.45) is 7.05 Å². The standard InChI is InChI=1S/C11H20N4O/c1-12-7-10-11(14(2)4-5-16-10)9-6-13-15(3)8-9/h6,8,10-12H,4-5,7H2,1-3H3/t10-,11-/m0/s1. The van der Waals surface area contributed by atoms with Gasteiger partial charge in [-0.05, 0) is 14.1 Å². The van der Waals surface area contributed by atoms with Gasteiger partial charge in [-0.25, -0.2) is 0 Å². The zero-order valence-electron chi connectivity index (χ0n) is 10.2. The van der Waals surface area contributed by atoms with Crippen LogP contribution >= 0.6 is 0 Å². The Hall–Kier alpha value is -0.910. The zero-order chi connectivity index (χ0) is 11.5. The molecule has 0 radical (unpaired) electrons. The number of nitrogens with one attached hydrogen (secondary N) is 1. The van der Waals surface area contributed by atoms with Crippen molar-refractivity contribution in [1.29, 1.82) is 0 Å². The molecule has 5 heteroatoms. The molecule has 0 amide bonds. The molecule has 0 aromatic carbocycles. The molecular weight excluding hydrogens is 204 g/mol. The summed E-state index contributed by atoms with van der Waals surface area (Å²) in [5.74, 6) is 0. The lowest BCUT2D eigenvalue weighted by Crippen LogP contribution is -2.46. The van der Waals surface area contributed by atoms with Crippen molar-refractivity contribution in [3.63, 3.8) is 0 Å². The van der Waals surface area contributed by atoms with E-state index in [0.29, 0.717) is 6.04 Å². The first-order valence-corrected chi connectivity index (χ1v) is 5.67. The Morgan fingerprint density at radius 3 is 3.00 bits per heavy atom. The molecule has 1 aliphatic rings. The molecule has 1 aromatic heterocycles. The third-order valence-electron chi connectivity index (χ3n) is 3.07. The maximum Gasteiger partial charge on any atom is 0.0897 e. The Bertz CT molecular complexity index is 336. The number of likely N-dealkylation sites (N-methyl/N-ethyl adjacent to an activating group) is 2. The van der Waals surface area contributed by atoms with Gasteiger partial charge in [0.15, 0.2) is 0 Å². The number of nitrogens with zero attached hydrogens (tertiary/aromatic N) is 3.